The molecular formula is C12H13F3O3. The molecule has 0 spiro atoms. The highest BCUT2D eigenvalue weighted by atomic mass is 19.4. The number of alkyl halides is 3. The first-order chi connectivity index (χ1) is 8.40. The van der Waals surface area contributed by atoms with Crippen molar-refractivity contribution in [2.75, 3.05) is 13.7 Å². The lowest BCUT2D eigenvalue weighted by Gasteiger charge is -2.12. The second-order valence-electron chi connectivity index (χ2n) is 3.54. The Morgan fingerprint density at radius 2 is 1.94 bits per heavy atom. The first-order valence-corrected chi connectivity index (χ1v) is 5.32. The molecule has 0 aromatic heterocycles. The third kappa shape index (κ3) is 3.38. The molecule has 1 aromatic rings. The van der Waals surface area contributed by atoms with E-state index in [9.17, 15) is 18.0 Å². The summed E-state index contributed by atoms with van der Waals surface area (Å²) >= 11 is 0. The van der Waals surface area contributed by atoms with Crippen molar-refractivity contribution in [3.8, 4) is 11.5 Å². The maximum absolute atomic E-state index is 12.3. The van der Waals surface area contributed by atoms with E-state index in [0.29, 0.717) is 12.4 Å². The average Bonchev–Trinajstić information content (AvgIpc) is 2.34. The Kier molecular flexibility index (Phi) is 4.58. The summed E-state index contributed by atoms with van der Waals surface area (Å²) in [7, 11) is 1.30. The number of rotatable bonds is 5. The van der Waals surface area contributed by atoms with E-state index in [1.165, 1.54) is 13.2 Å². The summed E-state index contributed by atoms with van der Waals surface area (Å²) in [6.45, 7) is 2.32. The van der Waals surface area contributed by atoms with Crippen molar-refractivity contribution in [2.45, 2.75) is 19.5 Å². The maximum Gasteiger partial charge on any atom is 0.454 e. The predicted molar refractivity (Wildman–Crippen MR) is 59.2 cm³/mol. The third-order valence-corrected chi connectivity index (χ3v) is 2.14. The topological polar surface area (TPSA) is 35.5 Å². The number of Topliss-reactive ketones (excluding diaryl/α,β-unsaturated/α-hetero) is 1. The van der Waals surface area contributed by atoms with Crippen LogP contribution in [0.15, 0.2) is 18.2 Å². The monoisotopic (exact) mass is 262 g/mol. The first kappa shape index (κ1) is 14.3. The lowest BCUT2D eigenvalue weighted by atomic mass is 10.1. The van der Waals surface area contributed by atoms with Crippen LogP contribution in [0.2, 0.25) is 0 Å². The van der Waals surface area contributed by atoms with Gasteiger partial charge in [-0.2, -0.15) is 13.2 Å². The van der Waals surface area contributed by atoms with Gasteiger partial charge in [-0.3, -0.25) is 4.79 Å². The fraction of sp³-hybridized carbons (Fsp3) is 0.417. The van der Waals surface area contributed by atoms with Crippen molar-refractivity contribution in [1.82, 2.24) is 0 Å². The second-order valence-corrected chi connectivity index (χ2v) is 3.54. The highest BCUT2D eigenvalue weighted by molar-refractivity contribution is 6.00. The fourth-order valence-corrected chi connectivity index (χ4v) is 1.30. The van der Waals surface area contributed by atoms with E-state index < -0.39 is 17.5 Å². The van der Waals surface area contributed by atoms with Crippen LogP contribution in [-0.4, -0.2) is 25.7 Å². The number of hydrogen-bond donors (Lipinski definition) is 0. The van der Waals surface area contributed by atoms with Crippen LogP contribution in [0.25, 0.3) is 0 Å². The summed E-state index contributed by atoms with van der Waals surface area (Å²) in [5.41, 5.74) is -0.469. The van der Waals surface area contributed by atoms with Crippen molar-refractivity contribution in [3.63, 3.8) is 0 Å². The largest absolute Gasteiger partial charge is 0.493 e. The zero-order valence-corrected chi connectivity index (χ0v) is 10.0. The van der Waals surface area contributed by atoms with Gasteiger partial charge >= 0.3 is 6.18 Å². The van der Waals surface area contributed by atoms with Crippen molar-refractivity contribution >= 4 is 5.78 Å². The molecule has 0 saturated heterocycles. The molecule has 0 aliphatic rings. The van der Waals surface area contributed by atoms with Gasteiger partial charge in [-0.1, -0.05) is 6.92 Å². The molecule has 0 bridgehead atoms. The summed E-state index contributed by atoms with van der Waals surface area (Å²) < 4.78 is 46.9. The van der Waals surface area contributed by atoms with Crippen molar-refractivity contribution < 1.29 is 27.4 Å². The van der Waals surface area contributed by atoms with Gasteiger partial charge in [0.25, 0.3) is 5.78 Å². The van der Waals surface area contributed by atoms with E-state index in [4.69, 9.17) is 9.47 Å². The quantitative estimate of drug-likeness (QED) is 0.764. The van der Waals surface area contributed by atoms with Gasteiger partial charge < -0.3 is 9.47 Å². The summed E-state index contributed by atoms with van der Waals surface area (Å²) in [4.78, 5) is 11.0. The van der Waals surface area contributed by atoms with Crippen LogP contribution in [0.3, 0.4) is 0 Å². The van der Waals surface area contributed by atoms with Gasteiger partial charge in [-0.15, -0.1) is 0 Å². The molecule has 100 valence electrons. The molecule has 1 rings (SSSR count). The van der Waals surface area contributed by atoms with Gasteiger partial charge in [0.15, 0.2) is 11.5 Å². The first-order valence-electron chi connectivity index (χ1n) is 5.32. The lowest BCUT2D eigenvalue weighted by Crippen LogP contribution is -2.22. The van der Waals surface area contributed by atoms with Crippen molar-refractivity contribution in [3.05, 3.63) is 23.8 Å². The van der Waals surface area contributed by atoms with E-state index in [-0.39, 0.29) is 5.75 Å². The van der Waals surface area contributed by atoms with Crippen LogP contribution in [-0.2, 0) is 0 Å². The van der Waals surface area contributed by atoms with E-state index in [0.717, 1.165) is 18.6 Å². The fourth-order valence-electron chi connectivity index (χ4n) is 1.30. The normalized spacial score (nSPS) is 11.2. The van der Waals surface area contributed by atoms with Crippen LogP contribution >= 0.6 is 0 Å². The van der Waals surface area contributed by atoms with E-state index in [1.54, 1.807) is 0 Å². The van der Waals surface area contributed by atoms with Gasteiger partial charge in [-0.05, 0) is 24.6 Å². The predicted octanol–water partition coefficient (Wildman–Crippen LogP) is 3.23. The Bertz CT molecular complexity index is 427. The van der Waals surface area contributed by atoms with E-state index in [2.05, 4.69) is 0 Å². The number of benzene rings is 1. The molecule has 0 N–H and O–H groups in total. The molecule has 0 aliphatic heterocycles. The second kappa shape index (κ2) is 5.75. The van der Waals surface area contributed by atoms with Gasteiger partial charge in [0.2, 0.25) is 0 Å². The molecule has 0 fully saturated rings. The maximum atomic E-state index is 12.3. The highest BCUT2D eigenvalue weighted by Crippen LogP contribution is 2.31. The Morgan fingerprint density at radius 3 is 2.44 bits per heavy atom. The molecular weight excluding hydrogens is 249 g/mol. The van der Waals surface area contributed by atoms with Gasteiger partial charge in [0, 0.05) is 5.56 Å². The zero-order chi connectivity index (χ0) is 13.8. The van der Waals surface area contributed by atoms with Crippen LogP contribution in [0.4, 0.5) is 13.2 Å². The molecule has 0 unspecified atom stereocenters. The summed E-state index contributed by atoms with van der Waals surface area (Å²) in [6, 6.07) is 3.40. The Hall–Kier alpha value is -1.72. The summed E-state index contributed by atoms with van der Waals surface area (Å²) in [6.07, 6.45) is -4.14. The molecule has 0 saturated carbocycles. The Labute approximate surface area is 103 Å². The average molecular weight is 262 g/mol. The van der Waals surface area contributed by atoms with Crippen LogP contribution < -0.4 is 9.47 Å². The summed E-state index contributed by atoms with van der Waals surface area (Å²) in [5.74, 6) is -1.47. The van der Waals surface area contributed by atoms with Crippen LogP contribution in [0.5, 0.6) is 11.5 Å². The molecule has 0 amide bonds. The minimum absolute atomic E-state index is 0.110. The minimum atomic E-state index is -4.89. The van der Waals surface area contributed by atoms with Crippen molar-refractivity contribution in [2.24, 2.45) is 0 Å². The molecule has 0 radical (unpaired) electrons. The number of carbonyl (C=O) groups excluding carboxylic acids is 1. The number of carbonyl (C=O) groups is 1. The van der Waals surface area contributed by atoms with E-state index >= 15 is 0 Å². The third-order valence-electron chi connectivity index (χ3n) is 2.14. The molecule has 3 nitrogen and oxygen atoms in total. The van der Waals surface area contributed by atoms with Crippen LogP contribution in [0, 0.1) is 0 Å². The molecule has 6 heteroatoms. The smallest absolute Gasteiger partial charge is 0.454 e. The Morgan fingerprint density at radius 1 is 1.28 bits per heavy atom. The molecule has 0 atom stereocenters. The van der Waals surface area contributed by atoms with Crippen LogP contribution in [0.1, 0.15) is 23.7 Å². The number of hydrogen-bond acceptors (Lipinski definition) is 3. The molecule has 0 aliphatic carbocycles. The van der Waals surface area contributed by atoms with E-state index in [1.807, 2.05) is 6.92 Å². The number of methoxy groups -OCH3 is 1. The zero-order valence-electron chi connectivity index (χ0n) is 10.0. The van der Waals surface area contributed by atoms with Crippen molar-refractivity contribution in [1.29, 1.82) is 0 Å². The SMILES string of the molecule is CCCOc1ccc(C(=O)C(F)(F)F)cc1OC. The molecule has 18 heavy (non-hydrogen) atoms. The van der Waals surface area contributed by atoms with Gasteiger partial charge in [0.1, 0.15) is 0 Å². The van der Waals surface area contributed by atoms with Gasteiger partial charge in [0.05, 0.1) is 13.7 Å². The number of ketones is 1. The lowest BCUT2D eigenvalue weighted by molar-refractivity contribution is -0.0885. The molecule has 0 heterocycles. The highest BCUT2D eigenvalue weighted by Gasteiger charge is 2.39. The van der Waals surface area contributed by atoms with Gasteiger partial charge in [-0.25, -0.2) is 0 Å². The standard InChI is InChI=1S/C12H13F3O3/c1-3-6-18-9-5-4-8(7-10(9)17-2)11(16)12(13,14)15/h4-5,7H,3,6H2,1-2H3. The molecule has 1 aromatic carbocycles. The minimum Gasteiger partial charge on any atom is -0.493 e. The number of halogens is 3. The number of ether oxygens (including phenoxy) is 2. The Balaban J connectivity index is 3.02. The summed E-state index contributed by atoms with van der Waals surface area (Å²) in [5, 5.41) is 0.